The Morgan fingerprint density at radius 1 is 1.22 bits per heavy atom. The van der Waals surface area contributed by atoms with E-state index in [-0.39, 0.29) is 6.17 Å². The van der Waals surface area contributed by atoms with E-state index < -0.39 is 0 Å². The normalized spacial score (nSPS) is 18.1. The lowest BCUT2D eigenvalue weighted by molar-refractivity contribution is 0.728. The molecule has 0 saturated carbocycles. The molecule has 0 radical (unpaired) electrons. The third-order valence-electron chi connectivity index (χ3n) is 3.45. The summed E-state index contributed by atoms with van der Waals surface area (Å²) in [5, 5.41) is 0. The molecule has 3 rings (SSSR count). The zero-order valence-electron chi connectivity index (χ0n) is 10.7. The summed E-state index contributed by atoms with van der Waals surface area (Å²) >= 11 is 0. The van der Waals surface area contributed by atoms with Crippen molar-refractivity contribution < 1.29 is 0 Å². The Morgan fingerprint density at radius 2 is 2.06 bits per heavy atom. The maximum atomic E-state index is 4.40. The molecule has 0 amide bonds. The second-order valence-corrected chi connectivity index (χ2v) is 4.45. The first kappa shape index (κ1) is 11.0. The molecule has 0 bridgehead atoms. The maximum Gasteiger partial charge on any atom is 0.161 e. The van der Waals surface area contributed by atoms with Crippen LogP contribution in [0.1, 0.15) is 12.6 Å². The molecule has 0 spiro atoms. The molecule has 0 fully saturated rings. The van der Waals surface area contributed by atoms with Crippen molar-refractivity contribution in [2.24, 2.45) is 0 Å². The van der Waals surface area contributed by atoms with Crippen molar-refractivity contribution in [3.63, 3.8) is 0 Å². The molecule has 1 unspecified atom stereocenters. The van der Waals surface area contributed by atoms with Crippen LogP contribution in [0, 0.1) is 6.92 Å². The molecule has 0 aliphatic carbocycles. The van der Waals surface area contributed by atoms with Crippen LogP contribution in [0.15, 0.2) is 30.9 Å². The zero-order valence-corrected chi connectivity index (χ0v) is 10.7. The van der Waals surface area contributed by atoms with Crippen LogP contribution in [0.25, 0.3) is 0 Å². The van der Waals surface area contributed by atoms with Crippen molar-refractivity contribution in [1.29, 1.82) is 0 Å². The van der Waals surface area contributed by atoms with E-state index in [0.29, 0.717) is 0 Å². The van der Waals surface area contributed by atoms with Crippen LogP contribution in [0.3, 0.4) is 0 Å². The fourth-order valence-corrected chi connectivity index (χ4v) is 2.35. The van der Waals surface area contributed by atoms with Crippen LogP contribution in [-0.2, 0) is 0 Å². The van der Waals surface area contributed by atoms with Gasteiger partial charge in [0.15, 0.2) is 5.82 Å². The van der Waals surface area contributed by atoms with Gasteiger partial charge in [0.2, 0.25) is 0 Å². The largest absolute Gasteiger partial charge is 0.350 e. The van der Waals surface area contributed by atoms with Gasteiger partial charge in [-0.3, -0.25) is 4.98 Å². The van der Waals surface area contributed by atoms with E-state index in [0.717, 1.165) is 22.9 Å². The number of fused-ring (bicyclic) bond motifs is 1. The van der Waals surface area contributed by atoms with E-state index in [1.54, 1.807) is 6.33 Å². The van der Waals surface area contributed by atoms with Crippen LogP contribution in [0.4, 0.5) is 17.2 Å². The second-order valence-electron chi connectivity index (χ2n) is 4.45. The molecule has 0 saturated heterocycles. The van der Waals surface area contributed by atoms with Crippen LogP contribution < -0.4 is 9.80 Å². The Bertz CT molecular complexity index is 583. The minimum Gasteiger partial charge on any atom is -0.350 e. The minimum absolute atomic E-state index is 0.208. The fourth-order valence-electron chi connectivity index (χ4n) is 2.35. The van der Waals surface area contributed by atoms with Crippen LogP contribution in [0.2, 0.25) is 0 Å². The van der Waals surface area contributed by atoms with Crippen LogP contribution >= 0.6 is 0 Å². The number of aryl methyl sites for hydroxylation is 1. The third kappa shape index (κ3) is 1.44. The molecule has 18 heavy (non-hydrogen) atoms. The number of nitrogens with zero attached hydrogens (tertiary/aromatic N) is 5. The molecule has 1 atom stereocenters. The van der Waals surface area contributed by atoms with Crippen molar-refractivity contribution in [1.82, 2.24) is 15.0 Å². The van der Waals surface area contributed by atoms with Gasteiger partial charge >= 0.3 is 0 Å². The lowest BCUT2D eigenvalue weighted by atomic mass is 10.2. The van der Waals surface area contributed by atoms with E-state index in [1.807, 2.05) is 25.4 Å². The maximum absolute atomic E-state index is 4.40. The first-order valence-electron chi connectivity index (χ1n) is 5.94. The molecule has 5 heteroatoms. The quantitative estimate of drug-likeness (QED) is 0.765. The number of aromatic nitrogens is 3. The van der Waals surface area contributed by atoms with Gasteiger partial charge in [0, 0.05) is 13.2 Å². The standard InChI is InChI=1S/C13H15N5/c1-9-11(5-4-6-15-9)18-10(2)17(3)12-7-14-8-16-13(12)18/h4-8,10H,1-3H3. The summed E-state index contributed by atoms with van der Waals surface area (Å²) in [7, 11) is 2.05. The summed E-state index contributed by atoms with van der Waals surface area (Å²) in [6, 6.07) is 4.03. The summed E-state index contributed by atoms with van der Waals surface area (Å²) in [6.07, 6.45) is 5.46. The monoisotopic (exact) mass is 241 g/mol. The van der Waals surface area contributed by atoms with E-state index in [4.69, 9.17) is 0 Å². The van der Waals surface area contributed by atoms with Crippen molar-refractivity contribution in [2.45, 2.75) is 20.0 Å². The fraction of sp³-hybridized carbons (Fsp3) is 0.308. The molecule has 1 aliphatic rings. The van der Waals surface area contributed by atoms with Gasteiger partial charge in [-0.15, -0.1) is 0 Å². The Kier molecular flexibility index (Phi) is 2.40. The Hall–Kier alpha value is -2.17. The Balaban J connectivity index is 2.16. The van der Waals surface area contributed by atoms with Gasteiger partial charge < -0.3 is 9.80 Å². The number of pyridine rings is 1. The molecule has 92 valence electrons. The highest BCUT2D eigenvalue weighted by Gasteiger charge is 2.33. The molecule has 0 aromatic carbocycles. The Morgan fingerprint density at radius 3 is 2.83 bits per heavy atom. The molecular weight excluding hydrogens is 226 g/mol. The summed E-state index contributed by atoms with van der Waals surface area (Å²) in [5.41, 5.74) is 3.15. The third-order valence-corrected chi connectivity index (χ3v) is 3.45. The van der Waals surface area contributed by atoms with Gasteiger partial charge in [-0.1, -0.05) is 0 Å². The van der Waals surface area contributed by atoms with Crippen molar-refractivity contribution in [3.05, 3.63) is 36.5 Å². The highest BCUT2D eigenvalue weighted by Crippen LogP contribution is 2.41. The van der Waals surface area contributed by atoms with E-state index in [1.165, 1.54) is 0 Å². The van der Waals surface area contributed by atoms with Crippen molar-refractivity contribution in [3.8, 4) is 0 Å². The lowest BCUT2D eigenvalue weighted by Crippen LogP contribution is -2.36. The predicted octanol–water partition coefficient (Wildman–Crippen LogP) is 2.11. The molecule has 1 aliphatic heterocycles. The number of rotatable bonds is 1. The van der Waals surface area contributed by atoms with Crippen molar-refractivity contribution in [2.75, 3.05) is 16.8 Å². The van der Waals surface area contributed by atoms with Gasteiger partial charge in [-0.2, -0.15) is 0 Å². The van der Waals surface area contributed by atoms with E-state index >= 15 is 0 Å². The summed E-state index contributed by atoms with van der Waals surface area (Å²) in [4.78, 5) is 17.2. The SMILES string of the molecule is Cc1ncccc1N1c2ncncc2N(C)C1C. The smallest absolute Gasteiger partial charge is 0.161 e. The average Bonchev–Trinajstić information content (AvgIpc) is 2.64. The molecular formula is C13H15N5. The first-order valence-corrected chi connectivity index (χ1v) is 5.94. The minimum atomic E-state index is 0.208. The topological polar surface area (TPSA) is 45.2 Å². The molecule has 3 heterocycles. The van der Waals surface area contributed by atoms with Crippen LogP contribution in [0.5, 0.6) is 0 Å². The average molecular weight is 241 g/mol. The van der Waals surface area contributed by atoms with Gasteiger partial charge in [-0.25, -0.2) is 9.97 Å². The highest BCUT2D eigenvalue weighted by atomic mass is 15.4. The highest BCUT2D eigenvalue weighted by molar-refractivity contribution is 5.80. The summed E-state index contributed by atoms with van der Waals surface area (Å²) in [6.45, 7) is 4.16. The summed E-state index contributed by atoms with van der Waals surface area (Å²) in [5.74, 6) is 0.941. The molecule has 2 aromatic heterocycles. The van der Waals surface area contributed by atoms with Crippen LogP contribution in [-0.4, -0.2) is 28.2 Å². The number of hydrogen-bond donors (Lipinski definition) is 0. The lowest BCUT2D eigenvalue weighted by Gasteiger charge is -2.27. The number of anilines is 3. The first-order chi connectivity index (χ1) is 8.70. The summed E-state index contributed by atoms with van der Waals surface area (Å²) < 4.78 is 0. The molecule has 5 nitrogen and oxygen atoms in total. The molecule has 2 aromatic rings. The molecule has 0 N–H and O–H groups in total. The van der Waals surface area contributed by atoms with E-state index in [2.05, 4.69) is 44.8 Å². The van der Waals surface area contributed by atoms with Gasteiger partial charge in [0.05, 0.1) is 17.6 Å². The van der Waals surface area contributed by atoms with Gasteiger partial charge in [0.1, 0.15) is 18.2 Å². The van der Waals surface area contributed by atoms with Crippen molar-refractivity contribution >= 4 is 17.2 Å². The predicted molar refractivity (Wildman–Crippen MR) is 71.0 cm³/mol. The zero-order chi connectivity index (χ0) is 12.7. The van der Waals surface area contributed by atoms with E-state index in [9.17, 15) is 0 Å². The van der Waals surface area contributed by atoms with Gasteiger partial charge in [0.25, 0.3) is 0 Å². The second kappa shape index (κ2) is 3.94. The number of hydrogen-bond acceptors (Lipinski definition) is 5. The van der Waals surface area contributed by atoms with Gasteiger partial charge in [-0.05, 0) is 26.0 Å². The Labute approximate surface area is 106 Å².